The third kappa shape index (κ3) is 3.96. The highest BCUT2D eigenvalue weighted by molar-refractivity contribution is 7.19. The van der Waals surface area contributed by atoms with Gasteiger partial charge in [0.2, 0.25) is 0 Å². The molecule has 0 bridgehead atoms. The molecule has 0 saturated heterocycles. The molecule has 1 aromatic heterocycles. The van der Waals surface area contributed by atoms with Gasteiger partial charge in [-0.05, 0) is 26.8 Å². The third-order valence-corrected chi connectivity index (χ3v) is 5.18. The van der Waals surface area contributed by atoms with Crippen molar-refractivity contribution in [2.24, 2.45) is 0 Å². The smallest absolute Gasteiger partial charge is 0.304 e. The van der Waals surface area contributed by atoms with E-state index >= 15 is 0 Å². The zero-order chi connectivity index (χ0) is 15.6. The number of halogens is 1. The Balaban J connectivity index is 2.25. The van der Waals surface area contributed by atoms with E-state index in [4.69, 9.17) is 16.7 Å². The standard InChI is InChI=1S/C16H20ClNO2S/c1-16(2,3)18(9-8-14(19)20)10-13-15(17)11-6-4-5-7-12(11)21-13/h4-7H,8-10H2,1-3H3,(H,19,20). The van der Waals surface area contributed by atoms with Crippen LogP contribution in [0.5, 0.6) is 0 Å². The number of fused-ring (bicyclic) bond motifs is 1. The molecular weight excluding hydrogens is 306 g/mol. The van der Waals surface area contributed by atoms with Crippen LogP contribution in [0.15, 0.2) is 24.3 Å². The average molecular weight is 326 g/mol. The van der Waals surface area contributed by atoms with Gasteiger partial charge < -0.3 is 5.11 Å². The quantitative estimate of drug-likeness (QED) is 0.871. The molecule has 5 heteroatoms. The number of carboxylic acids is 1. The van der Waals surface area contributed by atoms with Gasteiger partial charge in [0.25, 0.3) is 0 Å². The normalized spacial score (nSPS) is 12.2. The molecule has 0 aliphatic rings. The average Bonchev–Trinajstić information content (AvgIpc) is 2.70. The molecule has 114 valence electrons. The summed E-state index contributed by atoms with van der Waals surface area (Å²) in [7, 11) is 0. The highest BCUT2D eigenvalue weighted by Crippen LogP contribution is 2.36. The van der Waals surface area contributed by atoms with Crippen LogP contribution in [0.25, 0.3) is 10.1 Å². The van der Waals surface area contributed by atoms with Crippen LogP contribution in [0.4, 0.5) is 0 Å². The minimum Gasteiger partial charge on any atom is -0.481 e. The number of nitrogens with zero attached hydrogens (tertiary/aromatic N) is 1. The number of carboxylic acid groups (broad SMARTS) is 1. The maximum atomic E-state index is 10.8. The van der Waals surface area contributed by atoms with Gasteiger partial charge in [0.15, 0.2) is 0 Å². The summed E-state index contributed by atoms with van der Waals surface area (Å²) in [6, 6.07) is 8.08. The number of carbonyl (C=O) groups is 1. The van der Waals surface area contributed by atoms with E-state index in [-0.39, 0.29) is 12.0 Å². The maximum absolute atomic E-state index is 10.8. The number of aliphatic carboxylic acids is 1. The van der Waals surface area contributed by atoms with Crippen LogP contribution in [0, 0.1) is 0 Å². The van der Waals surface area contributed by atoms with Crippen LogP contribution in [0.3, 0.4) is 0 Å². The van der Waals surface area contributed by atoms with Crippen molar-refractivity contribution < 1.29 is 9.90 Å². The predicted molar refractivity (Wildman–Crippen MR) is 89.3 cm³/mol. The molecule has 21 heavy (non-hydrogen) atoms. The van der Waals surface area contributed by atoms with Gasteiger partial charge in [0.05, 0.1) is 11.4 Å². The minimum absolute atomic E-state index is 0.102. The molecule has 0 unspecified atom stereocenters. The Morgan fingerprint density at radius 2 is 2.00 bits per heavy atom. The van der Waals surface area contributed by atoms with Crippen LogP contribution < -0.4 is 0 Å². The van der Waals surface area contributed by atoms with Crippen LogP contribution in [-0.2, 0) is 11.3 Å². The van der Waals surface area contributed by atoms with Crippen molar-refractivity contribution in [1.29, 1.82) is 0 Å². The van der Waals surface area contributed by atoms with Crippen LogP contribution in [0.2, 0.25) is 5.02 Å². The second-order valence-corrected chi connectivity index (χ2v) is 7.59. The van der Waals surface area contributed by atoms with Gasteiger partial charge in [-0.15, -0.1) is 11.3 Å². The number of benzene rings is 1. The Hall–Kier alpha value is -1.10. The second-order valence-electron chi connectivity index (χ2n) is 6.07. The fraction of sp³-hybridized carbons (Fsp3) is 0.438. The molecule has 0 spiro atoms. The largest absolute Gasteiger partial charge is 0.481 e. The minimum atomic E-state index is -0.772. The van der Waals surface area contributed by atoms with Crippen molar-refractivity contribution in [3.8, 4) is 0 Å². The van der Waals surface area contributed by atoms with E-state index in [0.29, 0.717) is 13.1 Å². The summed E-state index contributed by atoms with van der Waals surface area (Å²) in [5, 5.41) is 10.8. The van der Waals surface area contributed by atoms with Crippen molar-refractivity contribution in [3.05, 3.63) is 34.2 Å². The first-order chi connectivity index (χ1) is 9.79. The van der Waals surface area contributed by atoms with Gasteiger partial charge in [-0.2, -0.15) is 0 Å². The summed E-state index contributed by atoms with van der Waals surface area (Å²) in [6.45, 7) is 7.47. The third-order valence-electron chi connectivity index (χ3n) is 3.48. The van der Waals surface area contributed by atoms with Crippen molar-refractivity contribution in [2.75, 3.05) is 6.54 Å². The van der Waals surface area contributed by atoms with Crippen LogP contribution in [-0.4, -0.2) is 28.1 Å². The lowest BCUT2D eigenvalue weighted by Crippen LogP contribution is -2.41. The van der Waals surface area contributed by atoms with E-state index in [1.807, 2.05) is 18.2 Å². The van der Waals surface area contributed by atoms with E-state index in [9.17, 15) is 4.79 Å². The molecule has 1 N–H and O–H groups in total. The van der Waals surface area contributed by atoms with Gasteiger partial charge in [0.1, 0.15) is 0 Å². The van der Waals surface area contributed by atoms with Crippen molar-refractivity contribution in [1.82, 2.24) is 4.90 Å². The maximum Gasteiger partial charge on any atom is 0.304 e. The van der Waals surface area contributed by atoms with Gasteiger partial charge in [-0.25, -0.2) is 0 Å². The van der Waals surface area contributed by atoms with Gasteiger partial charge in [-0.1, -0.05) is 29.8 Å². The Kier molecular flexibility index (Phi) is 4.91. The first-order valence-electron chi connectivity index (χ1n) is 6.92. The summed E-state index contributed by atoms with van der Waals surface area (Å²) in [5.74, 6) is -0.772. The first-order valence-corrected chi connectivity index (χ1v) is 8.11. The molecule has 0 amide bonds. The summed E-state index contributed by atoms with van der Waals surface area (Å²) in [6.07, 6.45) is 0.139. The lowest BCUT2D eigenvalue weighted by molar-refractivity contribution is -0.137. The number of thiophene rings is 1. The molecular formula is C16H20ClNO2S. The zero-order valence-corrected chi connectivity index (χ0v) is 14.1. The highest BCUT2D eigenvalue weighted by Gasteiger charge is 2.24. The van der Waals surface area contributed by atoms with Crippen LogP contribution in [0.1, 0.15) is 32.1 Å². The summed E-state index contributed by atoms with van der Waals surface area (Å²) in [5.41, 5.74) is -0.102. The number of hydrogen-bond donors (Lipinski definition) is 1. The topological polar surface area (TPSA) is 40.5 Å². The van der Waals surface area contributed by atoms with E-state index in [1.54, 1.807) is 11.3 Å². The Morgan fingerprint density at radius 1 is 1.33 bits per heavy atom. The summed E-state index contributed by atoms with van der Waals surface area (Å²) < 4.78 is 1.17. The fourth-order valence-corrected chi connectivity index (χ4v) is 3.73. The molecule has 0 aliphatic carbocycles. The SMILES string of the molecule is CC(C)(C)N(CCC(=O)O)Cc1sc2ccccc2c1Cl. The Labute approximate surface area is 134 Å². The van der Waals surface area contributed by atoms with E-state index in [1.165, 1.54) is 4.70 Å². The first kappa shape index (κ1) is 16.3. The lowest BCUT2D eigenvalue weighted by atomic mass is 10.1. The molecule has 0 saturated carbocycles. The molecule has 0 radical (unpaired) electrons. The lowest BCUT2D eigenvalue weighted by Gasteiger charge is -2.35. The van der Waals surface area contributed by atoms with E-state index in [2.05, 4.69) is 31.7 Å². The van der Waals surface area contributed by atoms with Gasteiger partial charge in [0, 0.05) is 33.6 Å². The van der Waals surface area contributed by atoms with E-state index in [0.717, 1.165) is 15.3 Å². The highest BCUT2D eigenvalue weighted by atomic mass is 35.5. The molecule has 1 aromatic carbocycles. The van der Waals surface area contributed by atoms with E-state index < -0.39 is 5.97 Å². The molecule has 3 nitrogen and oxygen atoms in total. The molecule has 1 heterocycles. The fourth-order valence-electron chi connectivity index (χ4n) is 2.22. The van der Waals surface area contributed by atoms with Crippen molar-refractivity contribution in [3.63, 3.8) is 0 Å². The predicted octanol–water partition coefficient (Wildman–Crippen LogP) is 4.63. The van der Waals surface area contributed by atoms with Crippen LogP contribution >= 0.6 is 22.9 Å². The monoisotopic (exact) mass is 325 g/mol. The zero-order valence-electron chi connectivity index (χ0n) is 12.5. The van der Waals surface area contributed by atoms with Gasteiger partial charge in [-0.3, -0.25) is 9.69 Å². The summed E-state index contributed by atoms with van der Waals surface area (Å²) >= 11 is 8.16. The molecule has 0 aliphatic heterocycles. The Bertz CT molecular complexity index is 645. The summed E-state index contributed by atoms with van der Waals surface area (Å²) in [4.78, 5) is 14.1. The number of hydrogen-bond acceptors (Lipinski definition) is 3. The second kappa shape index (κ2) is 6.34. The van der Waals surface area contributed by atoms with Crippen molar-refractivity contribution >= 4 is 39.0 Å². The van der Waals surface area contributed by atoms with Gasteiger partial charge >= 0.3 is 5.97 Å². The molecule has 0 fully saturated rings. The molecule has 2 rings (SSSR count). The number of rotatable bonds is 5. The van der Waals surface area contributed by atoms with Crippen molar-refractivity contribution in [2.45, 2.75) is 39.3 Å². The molecule has 0 atom stereocenters. The molecule has 2 aromatic rings. The Morgan fingerprint density at radius 3 is 2.57 bits per heavy atom.